The van der Waals surface area contributed by atoms with Crippen LogP contribution >= 0.6 is 0 Å². The summed E-state index contributed by atoms with van der Waals surface area (Å²) in [7, 11) is -2.09. The number of aryl methyl sites for hydroxylation is 2. The molecule has 1 radical (unpaired) electrons. The van der Waals surface area contributed by atoms with Gasteiger partial charge in [-0.3, -0.25) is 4.79 Å². The molecule has 1 saturated heterocycles. The van der Waals surface area contributed by atoms with Crippen LogP contribution in [0, 0.1) is 26.2 Å². The fraction of sp³-hybridized carbons (Fsp3) is 0.559. The SMILES string of the molecule is [CH2]C(O[Si](C)(C)C(C)(C)C)C(Oc1cccc(-c2nc(NC3CCOCC3)c(C=O)c(-c3c(C)noc3C)n2)c1)C(C)(C)C. The predicted octanol–water partition coefficient (Wildman–Crippen LogP) is 7.84. The highest BCUT2D eigenvalue weighted by molar-refractivity contribution is 6.74. The normalized spacial score (nSPS) is 16.4. The minimum absolute atomic E-state index is 0.0472. The number of benzene rings is 1. The van der Waals surface area contributed by atoms with E-state index >= 15 is 0 Å². The Bertz CT molecular complexity index is 1430. The Balaban J connectivity index is 1.75. The number of anilines is 1. The summed E-state index contributed by atoms with van der Waals surface area (Å²) < 4.78 is 24.4. The van der Waals surface area contributed by atoms with Gasteiger partial charge in [-0.25, -0.2) is 9.97 Å². The lowest BCUT2D eigenvalue weighted by atomic mass is 9.86. The Hall–Kier alpha value is -3.08. The Kier molecular flexibility index (Phi) is 10.1. The van der Waals surface area contributed by atoms with Crippen molar-refractivity contribution < 1.29 is 23.2 Å². The second-order valence-corrected chi connectivity index (χ2v) is 19.1. The van der Waals surface area contributed by atoms with Crippen LogP contribution in [-0.2, 0) is 9.16 Å². The summed E-state index contributed by atoms with van der Waals surface area (Å²) in [5.74, 6) is 2.18. The van der Waals surface area contributed by atoms with Crippen molar-refractivity contribution in [3.05, 3.63) is 48.2 Å². The second kappa shape index (κ2) is 13.1. The average molecular weight is 622 g/mol. The minimum atomic E-state index is -2.09. The molecule has 9 nitrogen and oxygen atoms in total. The topological polar surface area (TPSA) is 109 Å². The van der Waals surface area contributed by atoms with Crippen LogP contribution < -0.4 is 10.1 Å². The lowest BCUT2D eigenvalue weighted by Crippen LogP contribution is -2.50. The molecule has 10 heteroatoms. The Morgan fingerprint density at radius 1 is 1.09 bits per heavy atom. The number of nitrogens with zero attached hydrogens (tertiary/aromatic N) is 3. The maximum absolute atomic E-state index is 12.5. The summed E-state index contributed by atoms with van der Waals surface area (Å²) >= 11 is 0. The van der Waals surface area contributed by atoms with Crippen molar-refractivity contribution >= 4 is 20.4 Å². The molecule has 1 aliphatic heterocycles. The minimum Gasteiger partial charge on any atom is -0.487 e. The lowest BCUT2D eigenvalue weighted by Gasteiger charge is -2.43. The number of aldehydes is 1. The zero-order chi connectivity index (χ0) is 32.4. The molecule has 4 rings (SSSR count). The molecule has 1 aromatic carbocycles. The molecule has 3 heterocycles. The smallest absolute Gasteiger partial charge is 0.192 e. The van der Waals surface area contributed by atoms with Crippen LogP contribution in [0.2, 0.25) is 18.1 Å². The first-order chi connectivity index (χ1) is 20.5. The standard InChI is InChI=1S/C34H49N4O5Si/c1-21-28(22(2)42-38-21)29-27(20-39)32(35-25-15-17-40-18-16-25)37-31(36-29)24-13-12-14-26(19-24)41-30(33(4,5)6)23(3)43-44(10,11)34(7,8)9/h12-14,19-20,23,25,30H,3,15-18H2,1-2,4-11H3,(H,35,36,37). The number of nitrogens with one attached hydrogen (secondary N) is 1. The zero-order valence-electron chi connectivity index (χ0n) is 28.0. The maximum atomic E-state index is 12.5. The predicted molar refractivity (Wildman–Crippen MR) is 177 cm³/mol. The van der Waals surface area contributed by atoms with Crippen LogP contribution in [0.15, 0.2) is 28.8 Å². The Morgan fingerprint density at radius 3 is 2.34 bits per heavy atom. The number of aromatic nitrogens is 3. The van der Waals surface area contributed by atoms with Gasteiger partial charge < -0.3 is 23.7 Å². The number of hydrogen-bond acceptors (Lipinski definition) is 9. The lowest BCUT2D eigenvalue weighted by molar-refractivity contribution is 0.000980. The first kappa shape index (κ1) is 33.8. The van der Waals surface area contributed by atoms with E-state index in [2.05, 4.69) is 72.0 Å². The van der Waals surface area contributed by atoms with E-state index < -0.39 is 8.32 Å². The van der Waals surface area contributed by atoms with Crippen LogP contribution in [-0.4, -0.2) is 61.2 Å². The van der Waals surface area contributed by atoms with Crippen molar-refractivity contribution in [1.82, 2.24) is 15.1 Å². The highest BCUT2D eigenvalue weighted by Crippen LogP contribution is 2.40. The molecule has 2 atom stereocenters. The van der Waals surface area contributed by atoms with Crippen LogP contribution in [0.25, 0.3) is 22.6 Å². The van der Waals surface area contributed by atoms with Crippen molar-refractivity contribution in [2.24, 2.45) is 5.41 Å². The molecular formula is C34H49N4O5Si. The largest absolute Gasteiger partial charge is 0.487 e. The van der Waals surface area contributed by atoms with Gasteiger partial charge in [-0.05, 0) is 63.9 Å². The van der Waals surface area contributed by atoms with Gasteiger partial charge in [0.25, 0.3) is 0 Å². The first-order valence-electron chi connectivity index (χ1n) is 15.4. The van der Waals surface area contributed by atoms with Gasteiger partial charge in [0.15, 0.2) is 20.4 Å². The zero-order valence-corrected chi connectivity index (χ0v) is 29.0. The van der Waals surface area contributed by atoms with Crippen molar-refractivity contribution in [1.29, 1.82) is 0 Å². The molecule has 1 fully saturated rings. The van der Waals surface area contributed by atoms with Gasteiger partial charge in [0, 0.05) is 30.2 Å². The Morgan fingerprint density at radius 2 is 1.77 bits per heavy atom. The van der Waals surface area contributed by atoms with Gasteiger partial charge in [0.05, 0.1) is 28.6 Å². The van der Waals surface area contributed by atoms with Gasteiger partial charge in [0.1, 0.15) is 23.4 Å². The molecule has 1 N–H and O–H groups in total. The van der Waals surface area contributed by atoms with Crippen molar-refractivity contribution in [3.8, 4) is 28.4 Å². The summed E-state index contributed by atoms with van der Waals surface area (Å²) in [5, 5.41) is 7.67. The van der Waals surface area contributed by atoms with E-state index in [-0.39, 0.29) is 28.7 Å². The summed E-state index contributed by atoms with van der Waals surface area (Å²) in [6.07, 6.45) is 1.76. The third-order valence-corrected chi connectivity index (χ3v) is 13.2. The van der Waals surface area contributed by atoms with Gasteiger partial charge >= 0.3 is 0 Å². The molecule has 0 bridgehead atoms. The molecule has 3 aromatic rings. The number of ether oxygens (including phenoxy) is 2. The van der Waals surface area contributed by atoms with Gasteiger partial charge in [0.2, 0.25) is 0 Å². The van der Waals surface area contributed by atoms with Crippen molar-refractivity contribution in [2.45, 2.75) is 105 Å². The van der Waals surface area contributed by atoms with Gasteiger partial charge in [-0.15, -0.1) is 0 Å². The highest BCUT2D eigenvalue weighted by Gasteiger charge is 2.42. The monoisotopic (exact) mass is 621 g/mol. The van der Waals surface area contributed by atoms with E-state index in [9.17, 15) is 4.79 Å². The second-order valence-electron chi connectivity index (χ2n) is 14.4. The fourth-order valence-corrected chi connectivity index (χ4v) is 6.38. The fourth-order valence-electron chi connectivity index (χ4n) is 5.15. The van der Waals surface area contributed by atoms with E-state index in [1.807, 2.05) is 38.1 Å². The summed E-state index contributed by atoms with van der Waals surface area (Å²) in [4.78, 5) is 22.3. The molecule has 0 amide bonds. The number of carbonyl (C=O) groups is 1. The van der Waals surface area contributed by atoms with Crippen LogP contribution in [0.4, 0.5) is 5.82 Å². The number of hydrogen-bond donors (Lipinski definition) is 1. The molecule has 239 valence electrons. The summed E-state index contributed by atoms with van der Waals surface area (Å²) in [6, 6.07) is 7.85. The summed E-state index contributed by atoms with van der Waals surface area (Å²) in [6.45, 7) is 26.9. The summed E-state index contributed by atoms with van der Waals surface area (Å²) in [5.41, 5.74) is 2.70. The van der Waals surface area contributed by atoms with Gasteiger partial charge in [-0.1, -0.05) is 58.8 Å². The molecule has 0 aliphatic carbocycles. The number of rotatable bonds is 10. The van der Waals surface area contributed by atoms with Crippen LogP contribution in [0.5, 0.6) is 5.75 Å². The first-order valence-corrected chi connectivity index (χ1v) is 18.4. The van der Waals surface area contributed by atoms with E-state index in [0.29, 0.717) is 58.9 Å². The third kappa shape index (κ3) is 7.58. The van der Waals surface area contributed by atoms with Crippen molar-refractivity contribution in [2.75, 3.05) is 18.5 Å². The molecule has 1 aliphatic rings. The highest BCUT2D eigenvalue weighted by atomic mass is 28.4. The third-order valence-electron chi connectivity index (χ3n) is 8.69. The molecular weight excluding hydrogens is 572 g/mol. The molecule has 0 spiro atoms. The van der Waals surface area contributed by atoms with Crippen molar-refractivity contribution in [3.63, 3.8) is 0 Å². The molecule has 0 saturated carbocycles. The van der Waals surface area contributed by atoms with Crippen LogP contribution in [0.1, 0.15) is 76.2 Å². The van der Waals surface area contributed by atoms with E-state index in [1.54, 1.807) is 0 Å². The van der Waals surface area contributed by atoms with E-state index in [1.165, 1.54) is 0 Å². The molecule has 2 unspecified atom stereocenters. The quantitative estimate of drug-likeness (QED) is 0.179. The number of carbonyl (C=O) groups excluding carboxylic acids is 1. The van der Waals surface area contributed by atoms with Gasteiger partial charge in [-0.2, -0.15) is 0 Å². The maximum Gasteiger partial charge on any atom is 0.192 e. The molecule has 2 aromatic heterocycles. The van der Waals surface area contributed by atoms with E-state index in [4.69, 9.17) is 28.4 Å². The molecule has 44 heavy (non-hydrogen) atoms. The van der Waals surface area contributed by atoms with E-state index in [0.717, 1.165) is 24.7 Å². The van der Waals surface area contributed by atoms with Crippen LogP contribution in [0.3, 0.4) is 0 Å². The average Bonchev–Trinajstić information content (AvgIpc) is 3.27. The Labute approximate surface area is 263 Å².